The first kappa shape index (κ1) is 19.4. The summed E-state index contributed by atoms with van der Waals surface area (Å²) in [7, 11) is 1.47. The summed E-state index contributed by atoms with van der Waals surface area (Å²) in [5.41, 5.74) is 2.50. The van der Waals surface area contributed by atoms with Crippen molar-refractivity contribution >= 4 is 18.4 Å². The summed E-state index contributed by atoms with van der Waals surface area (Å²) in [4.78, 5) is 16.8. The van der Waals surface area contributed by atoms with E-state index in [2.05, 4.69) is 46.2 Å². The molecule has 0 saturated carbocycles. The molecule has 1 aliphatic heterocycles. The van der Waals surface area contributed by atoms with Crippen molar-refractivity contribution in [1.29, 1.82) is 0 Å². The SMILES string of the molecule is COC(=O)C1CN(Cc2ccccc2)CCN1Cc1ccccc1.Cl. The molecule has 5 heteroatoms. The van der Waals surface area contributed by atoms with E-state index in [9.17, 15) is 4.79 Å². The third-order valence-corrected chi connectivity index (χ3v) is 4.53. The second-order valence-electron chi connectivity index (χ2n) is 6.22. The van der Waals surface area contributed by atoms with Gasteiger partial charge in [0.25, 0.3) is 0 Å². The summed E-state index contributed by atoms with van der Waals surface area (Å²) < 4.78 is 5.05. The molecule has 0 bridgehead atoms. The molecule has 1 saturated heterocycles. The van der Waals surface area contributed by atoms with Gasteiger partial charge in [0, 0.05) is 32.7 Å². The number of ether oxygens (including phenoxy) is 1. The Balaban J connectivity index is 0.00000225. The molecule has 0 spiro atoms. The molecule has 2 aromatic rings. The van der Waals surface area contributed by atoms with Crippen LogP contribution in [0.3, 0.4) is 0 Å². The Morgan fingerprint density at radius 3 is 2.08 bits per heavy atom. The molecule has 4 nitrogen and oxygen atoms in total. The molecule has 0 radical (unpaired) electrons. The number of piperazine rings is 1. The first-order valence-corrected chi connectivity index (χ1v) is 8.38. The number of nitrogens with zero attached hydrogens (tertiary/aromatic N) is 2. The van der Waals surface area contributed by atoms with Crippen LogP contribution in [0.1, 0.15) is 11.1 Å². The fraction of sp³-hybridized carbons (Fsp3) is 0.350. The second kappa shape index (κ2) is 9.56. The van der Waals surface area contributed by atoms with E-state index in [4.69, 9.17) is 4.74 Å². The highest BCUT2D eigenvalue weighted by Gasteiger charge is 2.33. The number of hydrogen-bond acceptors (Lipinski definition) is 4. The van der Waals surface area contributed by atoms with E-state index in [0.717, 1.165) is 26.2 Å². The average molecular weight is 361 g/mol. The summed E-state index contributed by atoms with van der Waals surface area (Å²) in [6, 6.07) is 20.5. The Hall–Kier alpha value is -1.88. The third-order valence-electron chi connectivity index (χ3n) is 4.53. The highest BCUT2D eigenvalue weighted by molar-refractivity contribution is 5.85. The van der Waals surface area contributed by atoms with Crippen LogP contribution >= 0.6 is 12.4 Å². The van der Waals surface area contributed by atoms with E-state index >= 15 is 0 Å². The first-order chi connectivity index (χ1) is 11.8. The van der Waals surface area contributed by atoms with Gasteiger partial charge >= 0.3 is 5.97 Å². The number of carbonyl (C=O) groups is 1. The molecule has 1 unspecified atom stereocenters. The highest BCUT2D eigenvalue weighted by Crippen LogP contribution is 2.17. The van der Waals surface area contributed by atoms with E-state index in [0.29, 0.717) is 6.54 Å². The third kappa shape index (κ3) is 5.30. The maximum Gasteiger partial charge on any atom is 0.324 e. The zero-order valence-corrected chi connectivity index (χ0v) is 15.3. The summed E-state index contributed by atoms with van der Waals surface area (Å²) in [5.74, 6) is -0.149. The predicted octanol–water partition coefficient (Wildman–Crippen LogP) is 2.97. The van der Waals surface area contributed by atoms with Crippen LogP contribution in [0.4, 0.5) is 0 Å². The number of methoxy groups -OCH3 is 1. The lowest BCUT2D eigenvalue weighted by molar-refractivity contribution is -0.150. The van der Waals surface area contributed by atoms with Gasteiger partial charge in [0.15, 0.2) is 0 Å². The van der Waals surface area contributed by atoms with Crippen LogP contribution in [0, 0.1) is 0 Å². The van der Waals surface area contributed by atoms with Crippen LogP contribution in [0.5, 0.6) is 0 Å². The van der Waals surface area contributed by atoms with Gasteiger partial charge in [-0.25, -0.2) is 0 Å². The molecule has 0 aliphatic carbocycles. The number of carbonyl (C=O) groups excluding carboxylic acids is 1. The molecule has 1 heterocycles. The number of esters is 1. The number of rotatable bonds is 5. The Kier molecular flexibility index (Phi) is 7.44. The van der Waals surface area contributed by atoms with Gasteiger partial charge in [0.1, 0.15) is 6.04 Å². The topological polar surface area (TPSA) is 32.8 Å². The van der Waals surface area contributed by atoms with Crippen LogP contribution in [0.15, 0.2) is 60.7 Å². The van der Waals surface area contributed by atoms with E-state index < -0.39 is 0 Å². The van der Waals surface area contributed by atoms with E-state index in [1.165, 1.54) is 18.2 Å². The zero-order valence-electron chi connectivity index (χ0n) is 14.5. The Morgan fingerprint density at radius 2 is 1.52 bits per heavy atom. The standard InChI is InChI=1S/C20H24N2O2.ClH/c1-24-20(23)19-16-21(14-17-8-4-2-5-9-17)12-13-22(19)15-18-10-6-3-7-11-18;/h2-11,19H,12-16H2,1H3;1H. The van der Waals surface area contributed by atoms with Crippen molar-refractivity contribution in [3.63, 3.8) is 0 Å². The fourth-order valence-corrected chi connectivity index (χ4v) is 3.23. The van der Waals surface area contributed by atoms with Crippen molar-refractivity contribution in [1.82, 2.24) is 9.80 Å². The second-order valence-corrected chi connectivity index (χ2v) is 6.22. The number of hydrogen-bond donors (Lipinski definition) is 0. The summed E-state index contributed by atoms with van der Waals surface area (Å²) >= 11 is 0. The lowest BCUT2D eigenvalue weighted by Crippen LogP contribution is -2.55. The smallest absolute Gasteiger partial charge is 0.324 e. The number of halogens is 1. The average Bonchev–Trinajstić information content (AvgIpc) is 2.64. The normalized spacial score (nSPS) is 18.4. The minimum absolute atomic E-state index is 0. The minimum atomic E-state index is -0.215. The monoisotopic (exact) mass is 360 g/mol. The molecular formula is C20H25ClN2O2. The molecule has 1 fully saturated rings. The Labute approximate surface area is 155 Å². The molecule has 25 heavy (non-hydrogen) atoms. The van der Waals surface area contributed by atoms with Crippen LogP contribution < -0.4 is 0 Å². The van der Waals surface area contributed by atoms with Gasteiger partial charge in [-0.2, -0.15) is 0 Å². The van der Waals surface area contributed by atoms with Gasteiger partial charge in [-0.15, -0.1) is 12.4 Å². The minimum Gasteiger partial charge on any atom is -0.468 e. The van der Waals surface area contributed by atoms with Crippen molar-refractivity contribution in [3.05, 3.63) is 71.8 Å². The van der Waals surface area contributed by atoms with E-state index in [1.807, 2.05) is 24.3 Å². The Bertz CT molecular complexity index is 651. The molecule has 1 atom stereocenters. The molecule has 0 aromatic heterocycles. The maximum absolute atomic E-state index is 12.3. The molecule has 2 aromatic carbocycles. The zero-order chi connectivity index (χ0) is 16.8. The number of benzene rings is 2. The molecule has 0 N–H and O–H groups in total. The van der Waals surface area contributed by atoms with Crippen molar-refractivity contribution in [3.8, 4) is 0 Å². The maximum atomic E-state index is 12.3. The molecular weight excluding hydrogens is 336 g/mol. The van der Waals surface area contributed by atoms with Gasteiger partial charge < -0.3 is 4.74 Å². The van der Waals surface area contributed by atoms with Crippen molar-refractivity contribution in [2.45, 2.75) is 19.1 Å². The Morgan fingerprint density at radius 1 is 0.960 bits per heavy atom. The van der Waals surface area contributed by atoms with E-state index in [1.54, 1.807) is 0 Å². The predicted molar refractivity (Wildman–Crippen MR) is 102 cm³/mol. The van der Waals surface area contributed by atoms with Crippen molar-refractivity contribution in [2.24, 2.45) is 0 Å². The van der Waals surface area contributed by atoms with Gasteiger partial charge in [-0.05, 0) is 11.1 Å². The van der Waals surface area contributed by atoms with Crippen LogP contribution in [-0.2, 0) is 22.6 Å². The van der Waals surface area contributed by atoms with Gasteiger partial charge in [0.2, 0.25) is 0 Å². The van der Waals surface area contributed by atoms with Crippen molar-refractivity contribution < 1.29 is 9.53 Å². The van der Waals surface area contributed by atoms with Crippen LogP contribution in [0.25, 0.3) is 0 Å². The quantitative estimate of drug-likeness (QED) is 0.767. The van der Waals surface area contributed by atoms with Gasteiger partial charge in [0.05, 0.1) is 7.11 Å². The first-order valence-electron chi connectivity index (χ1n) is 8.38. The summed E-state index contributed by atoms with van der Waals surface area (Å²) in [5, 5.41) is 0. The fourth-order valence-electron chi connectivity index (χ4n) is 3.23. The largest absolute Gasteiger partial charge is 0.468 e. The molecule has 0 amide bonds. The summed E-state index contributed by atoms with van der Waals surface area (Å²) in [6.45, 7) is 4.17. The van der Waals surface area contributed by atoms with Crippen molar-refractivity contribution in [2.75, 3.05) is 26.7 Å². The van der Waals surface area contributed by atoms with Gasteiger partial charge in [-0.3, -0.25) is 14.6 Å². The molecule has 134 valence electrons. The molecule has 1 aliphatic rings. The molecule has 3 rings (SSSR count). The lowest BCUT2D eigenvalue weighted by Gasteiger charge is -2.40. The van der Waals surface area contributed by atoms with Crippen LogP contribution in [0.2, 0.25) is 0 Å². The van der Waals surface area contributed by atoms with Crippen LogP contribution in [-0.4, -0.2) is 48.6 Å². The highest BCUT2D eigenvalue weighted by atomic mass is 35.5. The lowest BCUT2D eigenvalue weighted by atomic mass is 10.1. The van der Waals surface area contributed by atoms with E-state index in [-0.39, 0.29) is 24.4 Å². The summed E-state index contributed by atoms with van der Waals surface area (Å²) in [6.07, 6.45) is 0. The van der Waals surface area contributed by atoms with Gasteiger partial charge in [-0.1, -0.05) is 60.7 Å².